The number of likely N-dealkylation sites (N-methyl/N-ethyl adjacent to an activating group) is 7. The van der Waals surface area contributed by atoms with E-state index >= 15 is 9.59 Å². The van der Waals surface area contributed by atoms with Crippen LogP contribution in [0.2, 0.25) is 0 Å². The molecule has 0 heterocycles. The third-order valence-corrected chi connectivity index (χ3v) is 16.1. The van der Waals surface area contributed by atoms with Crippen LogP contribution in [0.3, 0.4) is 0 Å². The van der Waals surface area contributed by atoms with Gasteiger partial charge in [0.05, 0.1) is 12.6 Å². The van der Waals surface area contributed by atoms with Crippen molar-refractivity contribution in [3.8, 4) is 0 Å². The molecule has 0 aliphatic heterocycles. The molecule has 0 saturated carbocycles. The number of aliphatic hydroxyl groups is 1. The Labute approximate surface area is 503 Å². The number of carbonyl (C=O) groups excluding carboxylic acids is 11. The topological polar surface area (TPSA) is 293 Å². The summed E-state index contributed by atoms with van der Waals surface area (Å²) in [5.41, 5.74) is 5.38. The van der Waals surface area contributed by atoms with E-state index in [4.69, 9.17) is 5.73 Å². The molecule has 1 unspecified atom stereocenters. The molecule has 0 aromatic heterocycles. The molecule has 0 rings (SSSR count). The highest BCUT2D eigenvalue weighted by Crippen LogP contribution is 2.25. The number of nitrogens with two attached hydrogens (primary N) is 1. The van der Waals surface area contributed by atoms with Crippen molar-refractivity contribution in [1.29, 1.82) is 0 Å². The molecule has 84 heavy (non-hydrogen) atoms. The first-order chi connectivity index (χ1) is 38.7. The van der Waals surface area contributed by atoms with Gasteiger partial charge >= 0.3 is 0 Å². The van der Waals surface area contributed by atoms with Crippen LogP contribution < -0.4 is 21.7 Å². The Morgan fingerprint density at radius 2 is 0.905 bits per heavy atom. The normalized spacial score (nSPS) is 16.0. The molecule has 0 aromatic carbocycles. The fourth-order valence-corrected chi connectivity index (χ4v) is 9.87. The van der Waals surface area contributed by atoms with E-state index in [0.29, 0.717) is 12.8 Å². The lowest BCUT2D eigenvalue weighted by Gasteiger charge is -2.41. The summed E-state index contributed by atoms with van der Waals surface area (Å²) in [5, 5.41) is 20.2. The fraction of sp³-hybridized carbons (Fsp3) is 0.787. The van der Waals surface area contributed by atoms with Crippen molar-refractivity contribution in [2.75, 3.05) is 55.9 Å². The molecule has 12 atom stereocenters. The summed E-state index contributed by atoms with van der Waals surface area (Å²) < 4.78 is 0. The van der Waals surface area contributed by atoms with Gasteiger partial charge in [0.2, 0.25) is 65.0 Å². The molecule has 6 N–H and O–H groups in total. The monoisotopic (exact) mass is 1190 g/mol. The largest absolute Gasteiger partial charge is 0.390 e. The van der Waals surface area contributed by atoms with E-state index in [-0.39, 0.29) is 61.2 Å². The van der Waals surface area contributed by atoms with Gasteiger partial charge in [-0.05, 0) is 94.8 Å². The Kier molecular flexibility index (Phi) is 33.4. The van der Waals surface area contributed by atoms with Gasteiger partial charge in [0, 0.05) is 55.3 Å². The van der Waals surface area contributed by atoms with Gasteiger partial charge in [-0.2, -0.15) is 0 Å². The average Bonchev–Trinajstić information content (AvgIpc) is 2.09. The number of hydrogen-bond acceptors (Lipinski definition) is 12. The second kappa shape index (κ2) is 36.0. The van der Waals surface area contributed by atoms with E-state index in [2.05, 4.69) is 16.0 Å². The van der Waals surface area contributed by atoms with Gasteiger partial charge < -0.3 is 61.1 Å². The van der Waals surface area contributed by atoms with Crippen LogP contribution in [0.4, 0.5) is 0 Å². The Hall–Kier alpha value is -6.13. The summed E-state index contributed by atoms with van der Waals surface area (Å²) in [5.74, 6) is -8.45. The summed E-state index contributed by atoms with van der Waals surface area (Å²) >= 11 is 0. The van der Waals surface area contributed by atoms with E-state index in [1.807, 2.05) is 62.3 Å². The second-order valence-corrected chi connectivity index (χ2v) is 25.1. The van der Waals surface area contributed by atoms with Crippen LogP contribution in [-0.4, -0.2) is 221 Å². The molecule has 0 fully saturated rings. The minimum Gasteiger partial charge on any atom is -0.390 e. The number of carbonyl (C=O) groups is 11. The minimum absolute atomic E-state index is 0.0383. The van der Waals surface area contributed by atoms with Gasteiger partial charge in [0.15, 0.2) is 0 Å². The van der Waals surface area contributed by atoms with Gasteiger partial charge in [0.1, 0.15) is 54.4 Å². The van der Waals surface area contributed by atoms with Crippen LogP contribution in [0.5, 0.6) is 0 Å². The van der Waals surface area contributed by atoms with E-state index in [9.17, 15) is 48.3 Å². The van der Waals surface area contributed by atoms with Gasteiger partial charge in [-0.25, -0.2) is 0 Å². The number of allylic oxidation sites excluding steroid dienone is 2. The Morgan fingerprint density at radius 1 is 0.476 bits per heavy atom. The first-order valence-electron chi connectivity index (χ1n) is 30.0. The molecule has 11 amide bonds. The van der Waals surface area contributed by atoms with Crippen molar-refractivity contribution < 1.29 is 57.8 Å². The van der Waals surface area contributed by atoms with Crippen LogP contribution in [0.1, 0.15) is 156 Å². The van der Waals surface area contributed by atoms with Gasteiger partial charge in [0.25, 0.3) is 0 Å². The Bertz CT molecular complexity index is 2260. The standard InChI is InChI=1S/C61H111N11O12/c1-25-28-29-39(14)51(74)50(55(78)65-44(27-3)58(81)66(18)33-48(73)67(19)42(17)52(62)75)72(24)61(84)49(38(12)13)71(23)60(83)47(32-36(8)9)70(22)59(82)46(31-35(6)7)69(21)57(80)41(16)63-53(76)43(26-2)64-54(77)45(30-34(4)5)68(20)56(79)40(15)37(10)11/h25,28,34-47,49-51,74H,26-27,29-33H2,1-24H3,(H2,62,75)(H,63,76)(H,64,77)(H,65,78)/b28-25-/t39-,40+,41+,42+,43-,44+,45+,46-,47-,49-,50?,51+/m1/s1. The number of rotatable bonds is 35. The molecule has 0 bridgehead atoms. The number of hydrogen-bond donors (Lipinski definition) is 5. The summed E-state index contributed by atoms with van der Waals surface area (Å²) in [4.78, 5) is 162. The van der Waals surface area contributed by atoms with Crippen molar-refractivity contribution in [3.05, 3.63) is 12.2 Å². The van der Waals surface area contributed by atoms with Crippen LogP contribution in [0.15, 0.2) is 12.2 Å². The highest BCUT2D eigenvalue weighted by molar-refractivity contribution is 5.98. The van der Waals surface area contributed by atoms with E-state index in [1.165, 1.54) is 75.7 Å². The second-order valence-electron chi connectivity index (χ2n) is 25.1. The van der Waals surface area contributed by atoms with Gasteiger partial charge in [-0.15, -0.1) is 0 Å². The van der Waals surface area contributed by atoms with Gasteiger partial charge in [-0.1, -0.05) is 109 Å². The molecule has 0 radical (unpaired) electrons. The minimum atomic E-state index is -1.59. The van der Waals surface area contributed by atoms with Crippen molar-refractivity contribution >= 4 is 65.0 Å². The Balaban J connectivity index is 7.09. The van der Waals surface area contributed by atoms with Crippen molar-refractivity contribution in [1.82, 2.24) is 50.2 Å². The van der Waals surface area contributed by atoms with E-state index < -0.39 is 138 Å². The van der Waals surface area contributed by atoms with Crippen molar-refractivity contribution in [3.63, 3.8) is 0 Å². The molecular weight excluding hydrogens is 1080 g/mol. The lowest BCUT2D eigenvalue weighted by atomic mass is 9.91. The molecule has 0 spiro atoms. The first kappa shape index (κ1) is 77.9. The third kappa shape index (κ3) is 22.4. The number of nitrogens with zero attached hydrogens (tertiary/aromatic N) is 7. The lowest BCUT2D eigenvalue weighted by molar-refractivity contribution is -0.157. The average molecular weight is 1190 g/mol. The van der Waals surface area contributed by atoms with E-state index in [0.717, 1.165) is 14.7 Å². The summed E-state index contributed by atoms with van der Waals surface area (Å²) in [7, 11) is 10.0. The maximum absolute atomic E-state index is 15.1. The van der Waals surface area contributed by atoms with Crippen LogP contribution in [-0.2, 0) is 52.7 Å². The molecule has 0 aliphatic rings. The van der Waals surface area contributed by atoms with E-state index in [1.54, 1.807) is 60.7 Å². The van der Waals surface area contributed by atoms with Crippen LogP contribution in [0.25, 0.3) is 0 Å². The number of aliphatic hydroxyl groups excluding tert-OH is 1. The number of amides is 11. The molecule has 0 aromatic rings. The van der Waals surface area contributed by atoms with Crippen LogP contribution >= 0.6 is 0 Å². The summed E-state index contributed by atoms with van der Waals surface area (Å²) in [6.07, 6.45) is 3.29. The van der Waals surface area contributed by atoms with Crippen LogP contribution in [0, 0.1) is 41.4 Å². The summed E-state index contributed by atoms with van der Waals surface area (Å²) in [6.45, 7) is 29.8. The molecule has 23 nitrogen and oxygen atoms in total. The summed E-state index contributed by atoms with van der Waals surface area (Å²) in [6, 6.07) is -10.4. The predicted molar refractivity (Wildman–Crippen MR) is 326 cm³/mol. The Morgan fingerprint density at radius 3 is 1.33 bits per heavy atom. The zero-order chi connectivity index (χ0) is 65.7. The zero-order valence-electron chi connectivity index (χ0n) is 55.6. The van der Waals surface area contributed by atoms with Crippen molar-refractivity contribution in [2.45, 2.75) is 217 Å². The SMILES string of the molecule is C/C=C\C[C@@H](C)[C@H](O)C(C(=O)N[C@@H](CC)C(=O)N(C)CC(=O)N(C)[C@@H](C)C(N)=O)N(C)C(=O)[C@@H](C(C)C)N(C)C(=O)[C@@H](CC(C)C)N(C)C(=O)[C@@H](CC(C)C)N(C)C(=O)[C@H](C)NC(=O)[C@@H](CC)NC(=O)[C@H](CC(C)C)N(C)C(=O)[C@@H](C)C(C)C. The number of nitrogens with one attached hydrogen (secondary N) is 3. The molecule has 482 valence electrons. The smallest absolute Gasteiger partial charge is 0.246 e. The third-order valence-electron chi connectivity index (χ3n) is 16.1. The quantitative estimate of drug-likeness (QED) is 0.0572. The molecule has 0 aliphatic carbocycles. The first-order valence-corrected chi connectivity index (χ1v) is 30.0. The lowest BCUT2D eigenvalue weighted by Crippen LogP contribution is -2.63. The fourth-order valence-electron chi connectivity index (χ4n) is 9.87. The molecule has 23 heteroatoms. The van der Waals surface area contributed by atoms with Crippen molar-refractivity contribution in [2.24, 2.45) is 47.2 Å². The highest BCUT2D eigenvalue weighted by Gasteiger charge is 2.45. The maximum Gasteiger partial charge on any atom is 0.246 e. The molecular formula is C61H111N11O12. The number of primary amides is 1. The molecule has 0 saturated heterocycles. The highest BCUT2D eigenvalue weighted by atomic mass is 16.3. The maximum atomic E-state index is 15.1. The van der Waals surface area contributed by atoms with Gasteiger partial charge in [-0.3, -0.25) is 52.7 Å². The zero-order valence-corrected chi connectivity index (χ0v) is 55.6. The predicted octanol–water partition coefficient (Wildman–Crippen LogP) is 3.26.